The summed E-state index contributed by atoms with van der Waals surface area (Å²) in [5.74, 6) is 0. The van der Waals surface area contributed by atoms with Gasteiger partial charge in [-0.2, -0.15) is 0 Å². The fourth-order valence-electron chi connectivity index (χ4n) is 1.02. The van der Waals surface area contributed by atoms with Crippen LogP contribution in [-0.2, 0) is 4.74 Å². The number of ether oxygens (including phenoxy) is 1. The van der Waals surface area contributed by atoms with Crippen LogP contribution in [0, 0.1) is 0 Å². The normalized spacial score (nSPS) is 22.4. The van der Waals surface area contributed by atoms with E-state index in [1.807, 2.05) is 20.8 Å². The molecule has 0 aromatic rings. The molecule has 4 heteroatoms. The van der Waals surface area contributed by atoms with Crippen molar-refractivity contribution in [1.29, 1.82) is 0 Å². The van der Waals surface area contributed by atoms with Gasteiger partial charge in [-0.05, 0) is 0 Å². The molecule has 0 radical (unpaired) electrons. The van der Waals surface area contributed by atoms with Gasteiger partial charge < -0.3 is 0 Å². The molecule has 0 unspecified atom stereocenters. The second kappa shape index (κ2) is 5.00. The van der Waals surface area contributed by atoms with Gasteiger partial charge in [0, 0.05) is 0 Å². The van der Waals surface area contributed by atoms with Crippen molar-refractivity contribution in [2.24, 2.45) is 0 Å². The first-order valence-electron chi connectivity index (χ1n) is 4.71. The number of hydrogen-bond acceptors (Lipinski definition) is 2. The van der Waals surface area contributed by atoms with Crippen molar-refractivity contribution < 1.29 is 30.7 Å². The first-order valence-corrected chi connectivity index (χ1v) is 7.48. The zero-order valence-electron chi connectivity index (χ0n) is 8.84. The standard InChI is InChI=1S/C10H17INO2/c1-10(2,3)14-9(13)12-8-6-4-5-7-11-8/h4,6,8H,5,7H2,1-3H3,(H,12,13)/q-1/t8-/m0/s1. The average molecular weight is 310 g/mol. The van der Waals surface area contributed by atoms with Gasteiger partial charge in [-0.3, -0.25) is 0 Å². The van der Waals surface area contributed by atoms with Gasteiger partial charge in [0.1, 0.15) is 0 Å². The summed E-state index contributed by atoms with van der Waals surface area (Å²) in [6, 6.07) is 0. The Hall–Kier alpha value is -0.260. The van der Waals surface area contributed by atoms with Crippen LogP contribution in [0.25, 0.3) is 0 Å². The van der Waals surface area contributed by atoms with Crippen LogP contribution in [0.3, 0.4) is 0 Å². The van der Waals surface area contributed by atoms with Gasteiger partial charge in [0.15, 0.2) is 0 Å². The summed E-state index contributed by atoms with van der Waals surface area (Å²) in [5.41, 5.74) is -0.402. The van der Waals surface area contributed by atoms with Crippen molar-refractivity contribution in [3.63, 3.8) is 0 Å². The van der Waals surface area contributed by atoms with Gasteiger partial charge in [0.2, 0.25) is 0 Å². The van der Waals surface area contributed by atoms with Crippen molar-refractivity contribution in [2.45, 2.75) is 36.8 Å². The third-order valence-corrected chi connectivity index (χ3v) is 4.43. The molecule has 1 heterocycles. The molecule has 0 aromatic carbocycles. The summed E-state index contributed by atoms with van der Waals surface area (Å²) < 4.78 is 6.68. The van der Waals surface area contributed by atoms with Crippen molar-refractivity contribution in [3.8, 4) is 0 Å². The minimum atomic E-state index is -0.402. The van der Waals surface area contributed by atoms with Crippen LogP contribution in [0.1, 0.15) is 27.2 Å². The molecule has 0 aromatic heterocycles. The third kappa shape index (κ3) is 4.83. The van der Waals surface area contributed by atoms with Gasteiger partial charge in [-0.1, -0.05) is 0 Å². The molecule has 3 nitrogen and oxygen atoms in total. The summed E-state index contributed by atoms with van der Waals surface area (Å²) in [6.45, 7) is 5.62. The molecule has 1 aliphatic heterocycles. The third-order valence-electron chi connectivity index (χ3n) is 1.51. The molecule has 1 amide bonds. The maximum atomic E-state index is 11.4. The van der Waals surface area contributed by atoms with Crippen LogP contribution in [-0.4, -0.2) is 20.2 Å². The van der Waals surface area contributed by atoms with Crippen LogP contribution < -0.4 is 26.5 Å². The van der Waals surface area contributed by atoms with E-state index in [0.717, 1.165) is 0 Å². The molecule has 1 rings (SSSR count). The molecule has 0 fully saturated rings. The molecule has 1 atom stereocenters. The Balaban J connectivity index is 2.33. The van der Waals surface area contributed by atoms with Gasteiger partial charge >= 0.3 is 95.6 Å². The Labute approximate surface area is 95.5 Å². The second-order valence-corrected chi connectivity index (χ2v) is 7.41. The number of hydrogen-bond donors (Lipinski definition) is 1. The quantitative estimate of drug-likeness (QED) is 0.289. The summed E-state index contributed by atoms with van der Waals surface area (Å²) in [4.78, 5) is 11.4. The van der Waals surface area contributed by atoms with Crippen molar-refractivity contribution in [3.05, 3.63) is 12.2 Å². The molecular weight excluding hydrogens is 293 g/mol. The predicted molar refractivity (Wildman–Crippen MR) is 51.8 cm³/mol. The molecule has 0 aliphatic carbocycles. The minimum absolute atomic E-state index is 0.0736. The number of nitrogens with one attached hydrogen (secondary N) is 1. The van der Waals surface area contributed by atoms with Gasteiger partial charge in [-0.15, -0.1) is 0 Å². The average Bonchev–Trinajstić information content (AvgIpc) is 2.02. The SMILES string of the molecule is CC(C)(C)OC(=O)N[C@H]1C=CCC[I-]1. The number of rotatable bonds is 1. The topological polar surface area (TPSA) is 38.3 Å². The number of alkyl halides is 2. The van der Waals surface area contributed by atoms with E-state index in [-0.39, 0.29) is 31.3 Å². The summed E-state index contributed by atoms with van der Waals surface area (Å²) in [7, 11) is 0. The zero-order valence-corrected chi connectivity index (χ0v) is 11.0. The molecule has 82 valence electrons. The Morgan fingerprint density at radius 3 is 2.79 bits per heavy atom. The Kier molecular flexibility index (Phi) is 4.22. The van der Waals surface area contributed by atoms with Crippen LogP contribution in [0.15, 0.2) is 12.2 Å². The van der Waals surface area contributed by atoms with Crippen molar-refractivity contribution in [1.82, 2.24) is 5.32 Å². The number of amides is 1. The van der Waals surface area contributed by atoms with Crippen LogP contribution in [0.4, 0.5) is 4.79 Å². The van der Waals surface area contributed by atoms with E-state index in [0.29, 0.717) is 0 Å². The summed E-state index contributed by atoms with van der Waals surface area (Å²) >= 11 is 0.0736. The number of carbonyl (C=O) groups is 1. The van der Waals surface area contributed by atoms with Crippen LogP contribution >= 0.6 is 0 Å². The molecule has 1 aliphatic rings. The number of allylic oxidation sites excluding steroid dienone is 1. The summed E-state index contributed by atoms with van der Waals surface area (Å²) in [6.07, 6.45) is 5.08. The van der Waals surface area contributed by atoms with Crippen molar-refractivity contribution >= 4 is 6.09 Å². The van der Waals surface area contributed by atoms with Gasteiger partial charge in [0.25, 0.3) is 0 Å². The molecule has 14 heavy (non-hydrogen) atoms. The fourth-order valence-corrected chi connectivity index (χ4v) is 3.47. The summed E-state index contributed by atoms with van der Waals surface area (Å²) in [5, 5.41) is 2.88. The first-order chi connectivity index (χ1) is 6.47. The molecule has 0 spiro atoms. The predicted octanol–water partition coefficient (Wildman–Crippen LogP) is -1.11. The number of carbonyl (C=O) groups excluding carboxylic acids is 1. The molecule has 0 saturated carbocycles. The van der Waals surface area contributed by atoms with Gasteiger partial charge in [-0.25, -0.2) is 0 Å². The van der Waals surface area contributed by atoms with Crippen molar-refractivity contribution in [2.75, 3.05) is 4.43 Å². The number of alkyl carbamates (subject to hydrolysis) is 1. The molecule has 1 N–H and O–H groups in total. The van der Waals surface area contributed by atoms with E-state index in [1.54, 1.807) is 0 Å². The van der Waals surface area contributed by atoms with E-state index in [9.17, 15) is 4.79 Å². The van der Waals surface area contributed by atoms with E-state index in [4.69, 9.17) is 4.74 Å². The number of halogens is 1. The Morgan fingerprint density at radius 2 is 2.29 bits per heavy atom. The van der Waals surface area contributed by atoms with Crippen LogP contribution in [0.5, 0.6) is 0 Å². The molecular formula is C10H17INO2-. The Morgan fingerprint density at radius 1 is 1.57 bits per heavy atom. The Bertz CT molecular complexity index is 233. The maximum absolute atomic E-state index is 11.4. The fraction of sp³-hybridized carbons (Fsp3) is 0.700. The monoisotopic (exact) mass is 310 g/mol. The first kappa shape index (κ1) is 11.8. The second-order valence-electron chi connectivity index (χ2n) is 4.11. The van der Waals surface area contributed by atoms with E-state index >= 15 is 0 Å². The zero-order chi connectivity index (χ0) is 10.6. The van der Waals surface area contributed by atoms with E-state index in [2.05, 4.69) is 17.5 Å². The van der Waals surface area contributed by atoms with E-state index in [1.165, 1.54) is 10.8 Å². The van der Waals surface area contributed by atoms with Crippen LogP contribution in [0.2, 0.25) is 0 Å². The van der Waals surface area contributed by atoms with E-state index < -0.39 is 5.60 Å². The molecule has 0 bridgehead atoms. The van der Waals surface area contributed by atoms with Gasteiger partial charge in [0.05, 0.1) is 0 Å². The molecule has 0 saturated heterocycles.